The van der Waals surface area contributed by atoms with Gasteiger partial charge in [-0.15, -0.1) is 0 Å². The van der Waals surface area contributed by atoms with Gasteiger partial charge in [-0.05, 0) is 36.5 Å². The normalized spacial score (nSPS) is 23.4. The lowest BCUT2D eigenvalue weighted by molar-refractivity contribution is 0.599. The standard InChI is InChI=1S/C19H18N2O2S/c22-24(23)17-9-2-1-7-16(17)18(20-24)14-10-12-21-11-4-6-13-5-3-8-15(14)19(13)21/h1-3,5,7-9,14H,4,6,10-12H2. The van der Waals surface area contributed by atoms with Gasteiger partial charge in [0.15, 0.2) is 0 Å². The van der Waals surface area contributed by atoms with E-state index < -0.39 is 10.0 Å². The number of hydrogen-bond donors (Lipinski definition) is 0. The van der Waals surface area contributed by atoms with Crippen molar-refractivity contribution in [3.63, 3.8) is 0 Å². The third kappa shape index (κ3) is 1.91. The van der Waals surface area contributed by atoms with Crippen molar-refractivity contribution < 1.29 is 8.42 Å². The van der Waals surface area contributed by atoms with E-state index >= 15 is 0 Å². The smallest absolute Gasteiger partial charge is 0.283 e. The Morgan fingerprint density at radius 2 is 1.92 bits per heavy atom. The van der Waals surface area contributed by atoms with Crippen molar-refractivity contribution >= 4 is 21.4 Å². The molecule has 0 aliphatic carbocycles. The molecule has 0 spiro atoms. The van der Waals surface area contributed by atoms with E-state index in [2.05, 4.69) is 27.5 Å². The lowest BCUT2D eigenvalue weighted by atomic mass is 9.80. The Kier molecular flexibility index (Phi) is 2.92. The molecule has 0 fully saturated rings. The van der Waals surface area contributed by atoms with Crippen molar-refractivity contribution in [3.8, 4) is 0 Å². The van der Waals surface area contributed by atoms with Gasteiger partial charge in [0.2, 0.25) is 0 Å². The first-order chi connectivity index (χ1) is 11.6. The van der Waals surface area contributed by atoms with Crippen LogP contribution in [0.2, 0.25) is 0 Å². The van der Waals surface area contributed by atoms with Gasteiger partial charge in [-0.25, -0.2) is 0 Å². The number of para-hydroxylation sites is 1. The number of anilines is 1. The first-order valence-electron chi connectivity index (χ1n) is 8.46. The van der Waals surface area contributed by atoms with Crippen molar-refractivity contribution in [1.29, 1.82) is 0 Å². The average molecular weight is 338 g/mol. The van der Waals surface area contributed by atoms with Crippen LogP contribution in [0.1, 0.15) is 35.4 Å². The minimum absolute atomic E-state index is 0.0627. The lowest BCUT2D eigenvalue weighted by Crippen LogP contribution is -2.37. The van der Waals surface area contributed by atoms with Crippen LogP contribution in [0, 0.1) is 0 Å². The zero-order chi connectivity index (χ0) is 16.3. The second-order valence-electron chi connectivity index (χ2n) is 6.73. The molecule has 3 aliphatic rings. The van der Waals surface area contributed by atoms with Crippen molar-refractivity contribution in [2.45, 2.75) is 30.1 Å². The molecule has 0 bridgehead atoms. The van der Waals surface area contributed by atoms with E-state index in [1.54, 1.807) is 12.1 Å². The van der Waals surface area contributed by atoms with E-state index in [1.807, 2.05) is 12.1 Å². The Morgan fingerprint density at radius 1 is 1.04 bits per heavy atom. The predicted molar refractivity (Wildman–Crippen MR) is 94.5 cm³/mol. The molecule has 0 saturated carbocycles. The zero-order valence-corrected chi connectivity index (χ0v) is 14.1. The molecule has 122 valence electrons. The molecule has 4 nitrogen and oxygen atoms in total. The quantitative estimate of drug-likeness (QED) is 0.803. The van der Waals surface area contributed by atoms with Gasteiger partial charge in [0.1, 0.15) is 0 Å². The highest BCUT2D eigenvalue weighted by Gasteiger charge is 2.37. The molecule has 0 amide bonds. The molecule has 0 N–H and O–H groups in total. The predicted octanol–water partition coefficient (Wildman–Crippen LogP) is 3.12. The number of aryl methyl sites for hydroxylation is 1. The molecule has 5 heteroatoms. The molecule has 2 aromatic carbocycles. The third-order valence-corrected chi connectivity index (χ3v) is 6.74. The zero-order valence-electron chi connectivity index (χ0n) is 13.3. The highest BCUT2D eigenvalue weighted by Crippen LogP contribution is 2.44. The number of sulfonamides is 1. The van der Waals surface area contributed by atoms with Gasteiger partial charge >= 0.3 is 0 Å². The Bertz CT molecular complexity index is 979. The Labute approximate surface area is 141 Å². The first kappa shape index (κ1) is 14.2. The number of benzene rings is 2. The van der Waals surface area contributed by atoms with Gasteiger partial charge in [0.05, 0.1) is 10.6 Å². The van der Waals surface area contributed by atoms with Crippen LogP contribution in [-0.2, 0) is 16.4 Å². The summed E-state index contributed by atoms with van der Waals surface area (Å²) in [6.07, 6.45) is 3.21. The molecule has 0 radical (unpaired) electrons. The van der Waals surface area contributed by atoms with E-state index in [4.69, 9.17) is 0 Å². The molecular weight excluding hydrogens is 320 g/mol. The number of hydrogen-bond acceptors (Lipinski definition) is 3. The minimum atomic E-state index is -3.55. The second kappa shape index (κ2) is 4.93. The van der Waals surface area contributed by atoms with Gasteiger partial charge in [-0.2, -0.15) is 12.8 Å². The molecule has 1 atom stereocenters. The average Bonchev–Trinajstić information content (AvgIpc) is 2.88. The Balaban J connectivity index is 1.70. The maximum absolute atomic E-state index is 12.4. The van der Waals surface area contributed by atoms with Crippen LogP contribution >= 0.6 is 0 Å². The summed E-state index contributed by atoms with van der Waals surface area (Å²) >= 11 is 0. The van der Waals surface area contributed by atoms with Crippen molar-refractivity contribution in [2.75, 3.05) is 18.0 Å². The SMILES string of the molecule is O=S1(=O)N=C(C2CCN3CCCc4cccc2c43)c2ccccc21. The summed E-state index contributed by atoms with van der Waals surface area (Å²) in [5.74, 6) is 0.0627. The minimum Gasteiger partial charge on any atom is -0.371 e. The summed E-state index contributed by atoms with van der Waals surface area (Å²) in [7, 11) is -3.55. The second-order valence-corrected chi connectivity index (χ2v) is 8.31. The summed E-state index contributed by atoms with van der Waals surface area (Å²) in [5, 5.41) is 0. The first-order valence-corrected chi connectivity index (χ1v) is 9.90. The molecule has 2 aromatic rings. The van der Waals surface area contributed by atoms with Crippen LogP contribution in [0.3, 0.4) is 0 Å². The fourth-order valence-electron chi connectivity index (χ4n) is 4.38. The Hall–Kier alpha value is -2.14. The highest BCUT2D eigenvalue weighted by molar-refractivity contribution is 7.90. The monoisotopic (exact) mass is 338 g/mol. The van der Waals surface area contributed by atoms with Gasteiger partial charge < -0.3 is 4.90 Å². The number of fused-ring (bicyclic) bond motifs is 1. The molecular formula is C19H18N2O2S. The molecule has 0 saturated heterocycles. The van der Waals surface area contributed by atoms with Gasteiger partial charge in [-0.1, -0.05) is 36.4 Å². The largest absolute Gasteiger partial charge is 0.371 e. The van der Waals surface area contributed by atoms with Crippen LogP contribution in [-0.4, -0.2) is 27.2 Å². The van der Waals surface area contributed by atoms with Gasteiger partial charge in [-0.3, -0.25) is 0 Å². The molecule has 3 heterocycles. The van der Waals surface area contributed by atoms with E-state index in [-0.39, 0.29) is 5.92 Å². The van der Waals surface area contributed by atoms with Gasteiger partial charge in [0, 0.05) is 30.3 Å². The fraction of sp³-hybridized carbons (Fsp3) is 0.316. The fourth-order valence-corrected chi connectivity index (χ4v) is 5.67. The van der Waals surface area contributed by atoms with Crippen LogP contribution < -0.4 is 4.90 Å². The van der Waals surface area contributed by atoms with Crippen molar-refractivity contribution in [1.82, 2.24) is 0 Å². The Morgan fingerprint density at radius 3 is 2.83 bits per heavy atom. The van der Waals surface area contributed by atoms with E-state index in [9.17, 15) is 8.42 Å². The topological polar surface area (TPSA) is 49.7 Å². The van der Waals surface area contributed by atoms with Crippen molar-refractivity contribution in [3.05, 3.63) is 59.2 Å². The summed E-state index contributed by atoms with van der Waals surface area (Å²) in [6, 6.07) is 13.7. The van der Waals surface area contributed by atoms with Crippen LogP contribution in [0.25, 0.3) is 0 Å². The molecule has 24 heavy (non-hydrogen) atoms. The molecule has 1 unspecified atom stereocenters. The van der Waals surface area contributed by atoms with E-state index in [1.165, 1.54) is 23.2 Å². The number of rotatable bonds is 1. The summed E-state index contributed by atoms with van der Waals surface area (Å²) in [6.45, 7) is 2.06. The summed E-state index contributed by atoms with van der Waals surface area (Å²) in [4.78, 5) is 2.81. The van der Waals surface area contributed by atoms with E-state index in [0.29, 0.717) is 4.90 Å². The highest BCUT2D eigenvalue weighted by atomic mass is 32.2. The maximum Gasteiger partial charge on any atom is 0.283 e. The number of nitrogens with zero attached hydrogens (tertiary/aromatic N) is 2. The van der Waals surface area contributed by atoms with Crippen molar-refractivity contribution in [2.24, 2.45) is 4.40 Å². The summed E-state index contributed by atoms with van der Waals surface area (Å²) < 4.78 is 29.0. The molecule has 5 rings (SSSR count). The van der Waals surface area contributed by atoms with Gasteiger partial charge in [0.25, 0.3) is 10.0 Å². The van der Waals surface area contributed by atoms with Crippen LogP contribution in [0.5, 0.6) is 0 Å². The summed E-state index contributed by atoms with van der Waals surface area (Å²) in [5.41, 5.74) is 5.46. The molecule has 0 aromatic heterocycles. The van der Waals surface area contributed by atoms with Crippen LogP contribution in [0.4, 0.5) is 5.69 Å². The third-order valence-electron chi connectivity index (χ3n) is 5.39. The maximum atomic E-state index is 12.4. The molecule has 3 aliphatic heterocycles. The van der Waals surface area contributed by atoms with E-state index in [0.717, 1.165) is 37.2 Å². The van der Waals surface area contributed by atoms with Crippen LogP contribution in [0.15, 0.2) is 51.8 Å². The lowest BCUT2D eigenvalue weighted by Gasteiger charge is -2.40.